The molecule has 0 aromatic rings. The highest BCUT2D eigenvalue weighted by Gasteiger charge is 2.11. The zero-order chi connectivity index (χ0) is 5.91. The Morgan fingerprint density at radius 3 is 2.12 bits per heavy atom. The Balaban J connectivity index is 0. The van der Waals surface area contributed by atoms with Crippen LogP contribution in [0.2, 0.25) is 0 Å². The van der Waals surface area contributed by atoms with Gasteiger partial charge in [-0.05, 0) is 13.3 Å². The summed E-state index contributed by atoms with van der Waals surface area (Å²) in [6.45, 7) is 3.61. The van der Waals surface area contributed by atoms with Crippen molar-refractivity contribution in [2.75, 3.05) is 0 Å². The Bertz CT molecular complexity index is 93.1. The van der Waals surface area contributed by atoms with Crippen molar-refractivity contribution in [1.82, 2.24) is 0 Å². The van der Waals surface area contributed by atoms with Gasteiger partial charge in [0.2, 0.25) is 0 Å². The van der Waals surface area contributed by atoms with E-state index in [0.29, 0.717) is 6.42 Å². The summed E-state index contributed by atoms with van der Waals surface area (Å²) in [4.78, 5) is 0. The third-order valence-electron chi connectivity index (χ3n) is 0.990. The molecule has 0 radical (unpaired) electrons. The van der Waals surface area contributed by atoms with Crippen LogP contribution in [0.25, 0.3) is 0 Å². The quantitative estimate of drug-likeness (QED) is 0.583. The van der Waals surface area contributed by atoms with Crippen LogP contribution in [0.15, 0.2) is 0 Å². The molecule has 0 aromatic heterocycles. The molecule has 8 heavy (non-hydrogen) atoms. The van der Waals surface area contributed by atoms with Crippen LogP contribution in [0.5, 0.6) is 0 Å². The van der Waals surface area contributed by atoms with E-state index in [1.165, 1.54) is 0 Å². The van der Waals surface area contributed by atoms with E-state index in [2.05, 4.69) is 0 Å². The Labute approximate surface area is 56.1 Å². The van der Waals surface area contributed by atoms with Gasteiger partial charge >= 0.3 is 0 Å². The molecule has 48 valence electrons. The van der Waals surface area contributed by atoms with Crippen molar-refractivity contribution < 1.29 is 0 Å². The second-order valence-corrected chi connectivity index (χ2v) is 1.88. The highest BCUT2D eigenvalue weighted by atomic mass is 35.5. The highest BCUT2D eigenvalue weighted by Crippen LogP contribution is 1.99. The average Bonchev–Trinajstić information content (AvgIpc) is 1.68. The van der Waals surface area contributed by atoms with Crippen LogP contribution in [-0.2, 0) is 0 Å². The lowest BCUT2D eigenvalue weighted by Gasteiger charge is -2.09. The van der Waals surface area contributed by atoms with Crippen LogP contribution in [0.1, 0.15) is 20.3 Å². The summed E-state index contributed by atoms with van der Waals surface area (Å²) in [6, 6.07) is 1.97. The molecule has 0 rings (SSSR count). The molecular weight excluding hydrogens is 124 g/mol. The number of rotatable bonds is 1. The number of hydrogen-bond acceptors (Lipinski definition) is 2. The fourth-order valence-electron chi connectivity index (χ4n) is 0.0791. The Hall–Kier alpha value is -0.260. The van der Waals surface area contributed by atoms with Gasteiger partial charge in [0.25, 0.3) is 0 Å². The molecule has 0 spiro atoms. The second kappa shape index (κ2) is 3.71. The van der Waals surface area contributed by atoms with Gasteiger partial charge in [-0.3, -0.25) is 0 Å². The molecule has 0 saturated carbocycles. The van der Waals surface area contributed by atoms with Gasteiger partial charge in [0.05, 0.1) is 6.07 Å². The van der Waals surface area contributed by atoms with Gasteiger partial charge in [0, 0.05) is 0 Å². The fourth-order valence-corrected chi connectivity index (χ4v) is 0.0791. The smallest absolute Gasteiger partial charge is 0.101 e. The van der Waals surface area contributed by atoms with E-state index in [1.807, 2.05) is 13.0 Å². The summed E-state index contributed by atoms with van der Waals surface area (Å²) in [7, 11) is 0. The molecule has 0 bridgehead atoms. The third-order valence-corrected chi connectivity index (χ3v) is 0.990. The molecule has 0 heterocycles. The molecule has 0 aliphatic rings. The molecular formula is C5H11ClN2. The van der Waals surface area contributed by atoms with Crippen molar-refractivity contribution in [2.45, 2.75) is 25.8 Å². The molecule has 1 atom stereocenters. The molecule has 0 fully saturated rings. The van der Waals surface area contributed by atoms with E-state index in [9.17, 15) is 0 Å². The lowest BCUT2D eigenvalue weighted by atomic mass is 10.0. The predicted molar refractivity (Wildman–Crippen MR) is 35.7 cm³/mol. The van der Waals surface area contributed by atoms with Crippen LogP contribution in [0, 0.1) is 11.3 Å². The van der Waals surface area contributed by atoms with Gasteiger partial charge in [0.1, 0.15) is 5.54 Å². The molecule has 3 heteroatoms. The van der Waals surface area contributed by atoms with Gasteiger partial charge < -0.3 is 5.73 Å². The first-order valence-electron chi connectivity index (χ1n) is 2.32. The maximum Gasteiger partial charge on any atom is 0.101 e. The van der Waals surface area contributed by atoms with Gasteiger partial charge in [-0.15, -0.1) is 12.4 Å². The van der Waals surface area contributed by atoms with Crippen molar-refractivity contribution in [3.05, 3.63) is 0 Å². The minimum Gasteiger partial charge on any atom is -0.314 e. The standard InChI is InChI=1S/C5H10N2.ClH/c1-3-5(2,7)4-6;/h3,7H2,1-2H3;1H. The molecule has 1 unspecified atom stereocenters. The molecule has 0 saturated heterocycles. The van der Waals surface area contributed by atoms with Gasteiger partial charge in [-0.2, -0.15) is 5.26 Å². The van der Waals surface area contributed by atoms with Crippen LogP contribution >= 0.6 is 12.4 Å². The summed E-state index contributed by atoms with van der Waals surface area (Å²) in [5.41, 5.74) is 4.74. The van der Waals surface area contributed by atoms with E-state index < -0.39 is 5.54 Å². The van der Waals surface area contributed by atoms with E-state index in [1.54, 1.807) is 6.92 Å². The zero-order valence-electron chi connectivity index (χ0n) is 5.14. The van der Waals surface area contributed by atoms with Crippen LogP contribution in [0.3, 0.4) is 0 Å². The number of hydrogen-bond donors (Lipinski definition) is 1. The minimum absolute atomic E-state index is 0. The van der Waals surface area contributed by atoms with Crippen molar-refractivity contribution in [2.24, 2.45) is 5.73 Å². The van der Waals surface area contributed by atoms with Crippen molar-refractivity contribution in [3.8, 4) is 6.07 Å². The van der Waals surface area contributed by atoms with E-state index in [-0.39, 0.29) is 12.4 Å². The Morgan fingerprint density at radius 2 is 2.12 bits per heavy atom. The largest absolute Gasteiger partial charge is 0.314 e. The summed E-state index contributed by atoms with van der Waals surface area (Å²) >= 11 is 0. The predicted octanol–water partition coefficient (Wildman–Crippen LogP) is 1.06. The Kier molecular flexibility index (Phi) is 4.94. The second-order valence-electron chi connectivity index (χ2n) is 1.88. The SMILES string of the molecule is CCC(C)(N)C#N.Cl. The average molecular weight is 135 g/mol. The summed E-state index contributed by atoms with van der Waals surface area (Å²) in [6.07, 6.45) is 0.712. The molecule has 2 N–H and O–H groups in total. The topological polar surface area (TPSA) is 49.8 Å². The molecule has 0 aliphatic heterocycles. The van der Waals surface area contributed by atoms with E-state index in [4.69, 9.17) is 11.0 Å². The first-order chi connectivity index (χ1) is 3.12. The number of nitrogens with zero attached hydrogens (tertiary/aromatic N) is 1. The van der Waals surface area contributed by atoms with Crippen LogP contribution in [-0.4, -0.2) is 5.54 Å². The maximum atomic E-state index is 8.22. The maximum absolute atomic E-state index is 8.22. The molecule has 0 aromatic carbocycles. The summed E-state index contributed by atoms with van der Waals surface area (Å²) < 4.78 is 0. The zero-order valence-corrected chi connectivity index (χ0v) is 5.96. The van der Waals surface area contributed by atoms with E-state index >= 15 is 0 Å². The Morgan fingerprint density at radius 1 is 1.75 bits per heavy atom. The van der Waals surface area contributed by atoms with Gasteiger partial charge in [-0.25, -0.2) is 0 Å². The monoisotopic (exact) mass is 134 g/mol. The fraction of sp³-hybridized carbons (Fsp3) is 0.800. The normalized spacial score (nSPS) is 15.2. The summed E-state index contributed by atoms with van der Waals surface area (Å²) in [5.74, 6) is 0. The van der Waals surface area contributed by atoms with Gasteiger partial charge in [-0.1, -0.05) is 6.92 Å². The molecule has 2 nitrogen and oxygen atoms in total. The van der Waals surface area contributed by atoms with Crippen LogP contribution < -0.4 is 5.73 Å². The number of nitriles is 1. The van der Waals surface area contributed by atoms with Crippen molar-refractivity contribution >= 4 is 12.4 Å². The van der Waals surface area contributed by atoms with Crippen LogP contribution in [0.4, 0.5) is 0 Å². The number of nitrogens with two attached hydrogens (primary N) is 1. The van der Waals surface area contributed by atoms with Crippen molar-refractivity contribution in [1.29, 1.82) is 5.26 Å². The third kappa shape index (κ3) is 3.91. The molecule has 0 amide bonds. The molecule has 0 aliphatic carbocycles. The number of halogens is 1. The first kappa shape index (κ1) is 10.7. The van der Waals surface area contributed by atoms with Gasteiger partial charge in [0.15, 0.2) is 0 Å². The van der Waals surface area contributed by atoms with E-state index in [0.717, 1.165) is 0 Å². The highest BCUT2D eigenvalue weighted by molar-refractivity contribution is 5.85. The van der Waals surface area contributed by atoms with Crippen molar-refractivity contribution in [3.63, 3.8) is 0 Å². The minimum atomic E-state index is -0.611. The first-order valence-corrected chi connectivity index (χ1v) is 2.32. The lowest BCUT2D eigenvalue weighted by molar-refractivity contribution is 0.578. The lowest BCUT2D eigenvalue weighted by Crippen LogP contribution is -2.32. The summed E-state index contributed by atoms with van der Waals surface area (Å²) in [5, 5.41) is 8.22.